The summed E-state index contributed by atoms with van der Waals surface area (Å²) in [6.07, 6.45) is 2.15. The molecule has 2 aliphatic heterocycles. The molecule has 0 saturated carbocycles. The van der Waals surface area contributed by atoms with Crippen LogP contribution in [0.2, 0.25) is 0 Å². The molecule has 0 spiro atoms. The largest absolute Gasteiger partial charge is 0.375 e. The van der Waals surface area contributed by atoms with Gasteiger partial charge in [0.15, 0.2) is 0 Å². The van der Waals surface area contributed by atoms with Gasteiger partial charge in [-0.2, -0.15) is 0 Å². The van der Waals surface area contributed by atoms with Crippen molar-refractivity contribution >= 4 is 29.3 Å². The van der Waals surface area contributed by atoms with Crippen molar-refractivity contribution in [1.29, 1.82) is 0 Å². The van der Waals surface area contributed by atoms with Crippen LogP contribution in [0.1, 0.15) is 30.1 Å². The molecule has 2 saturated heterocycles. The fraction of sp³-hybridized carbons (Fsp3) is 0.556. The second-order valence-electron chi connectivity index (χ2n) is 6.38. The number of benzene rings is 1. The highest BCUT2D eigenvalue weighted by Crippen LogP contribution is 2.26. The Kier molecular flexibility index (Phi) is 5.33. The van der Waals surface area contributed by atoms with E-state index in [-0.39, 0.29) is 17.9 Å². The summed E-state index contributed by atoms with van der Waals surface area (Å²) in [6, 6.07) is 7.36. The Morgan fingerprint density at radius 1 is 1.21 bits per heavy atom. The second-order valence-corrected chi connectivity index (χ2v) is 7.38. The van der Waals surface area contributed by atoms with Crippen LogP contribution in [-0.4, -0.2) is 66.0 Å². The topological polar surface area (TPSA) is 43.9 Å². The van der Waals surface area contributed by atoms with Crippen LogP contribution in [0.3, 0.4) is 0 Å². The van der Waals surface area contributed by atoms with Gasteiger partial charge in [0.05, 0.1) is 5.88 Å². The first-order valence-electron chi connectivity index (χ1n) is 8.60. The molecule has 0 radical (unpaired) electrons. The maximum Gasteiger partial charge on any atom is 0.255 e. The molecule has 0 bridgehead atoms. The molecular formula is C18H25N3O2S. The van der Waals surface area contributed by atoms with Crippen molar-refractivity contribution in [2.45, 2.75) is 25.8 Å². The van der Waals surface area contributed by atoms with E-state index in [0.29, 0.717) is 17.2 Å². The van der Waals surface area contributed by atoms with Gasteiger partial charge in [-0.1, -0.05) is 0 Å². The maximum absolute atomic E-state index is 12.9. The summed E-state index contributed by atoms with van der Waals surface area (Å²) < 4.78 is 0. The number of carbonyl (C=O) groups is 2. The van der Waals surface area contributed by atoms with Crippen LogP contribution >= 0.6 is 11.8 Å². The zero-order valence-electron chi connectivity index (χ0n) is 14.4. The zero-order valence-corrected chi connectivity index (χ0v) is 15.2. The highest BCUT2D eigenvalue weighted by Gasteiger charge is 2.37. The molecule has 24 heavy (non-hydrogen) atoms. The van der Waals surface area contributed by atoms with Crippen LogP contribution in [-0.2, 0) is 4.79 Å². The van der Waals surface area contributed by atoms with Crippen molar-refractivity contribution in [3.05, 3.63) is 29.8 Å². The van der Waals surface area contributed by atoms with Crippen molar-refractivity contribution in [1.82, 2.24) is 9.80 Å². The standard InChI is InChI=1S/C18H25N3O2S/c1-3-19(2)15-8-6-14(7-9-15)17(22)21-13-24-12-16(21)18(23)20-10-4-5-11-20/h6-9,16H,3-5,10-13H2,1-2H3/t16-/m0/s1. The predicted molar refractivity (Wildman–Crippen MR) is 98.5 cm³/mol. The van der Waals surface area contributed by atoms with E-state index >= 15 is 0 Å². The SMILES string of the molecule is CCN(C)c1ccc(C(=O)N2CSC[C@H]2C(=O)N2CCCC2)cc1. The molecule has 0 aromatic heterocycles. The molecule has 2 fully saturated rings. The summed E-state index contributed by atoms with van der Waals surface area (Å²) in [5.41, 5.74) is 1.75. The van der Waals surface area contributed by atoms with Gasteiger partial charge in [0.25, 0.3) is 5.91 Å². The molecule has 1 atom stereocenters. The Hall–Kier alpha value is -1.69. The fourth-order valence-electron chi connectivity index (χ4n) is 3.20. The number of likely N-dealkylation sites (tertiary alicyclic amines) is 1. The zero-order chi connectivity index (χ0) is 17.1. The summed E-state index contributed by atoms with van der Waals surface area (Å²) >= 11 is 1.66. The summed E-state index contributed by atoms with van der Waals surface area (Å²) in [6.45, 7) is 4.68. The first kappa shape index (κ1) is 17.1. The number of hydrogen-bond acceptors (Lipinski definition) is 4. The highest BCUT2D eigenvalue weighted by atomic mass is 32.2. The molecule has 130 valence electrons. The van der Waals surface area contributed by atoms with Gasteiger partial charge in [-0.05, 0) is 44.0 Å². The minimum absolute atomic E-state index is 0.0387. The van der Waals surface area contributed by atoms with Gasteiger partial charge in [-0.25, -0.2) is 0 Å². The van der Waals surface area contributed by atoms with Gasteiger partial charge in [-0.3, -0.25) is 9.59 Å². The van der Waals surface area contributed by atoms with E-state index in [4.69, 9.17) is 0 Å². The van der Waals surface area contributed by atoms with Gasteiger partial charge < -0.3 is 14.7 Å². The Balaban J connectivity index is 1.72. The number of amides is 2. The van der Waals surface area contributed by atoms with E-state index in [9.17, 15) is 9.59 Å². The smallest absolute Gasteiger partial charge is 0.255 e. The third-order valence-electron chi connectivity index (χ3n) is 4.88. The third-order valence-corrected chi connectivity index (χ3v) is 5.89. The molecule has 2 heterocycles. The molecule has 3 rings (SSSR count). The third kappa shape index (κ3) is 3.38. The van der Waals surface area contributed by atoms with Gasteiger partial charge in [0.1, 0.15) is 6.04 Å². The minimum atomic E-state index is -0.307. The molecular weight excluding hydrogens is 322 g/mol. The molecule has 1 aromatic rings. The van der Waals surface area contributed by atoms with E-state index in [1.807, 2.05) is 36.2 Å². The minimum Gasteiger partial charge on any atom is -0.375 e. The summed E-state index contributed by atoms with van der Waals surface area (Å²) in [7, 11) is 2.03. The van der Waals surface area contributed by atoms with Gasteiger partial charge in [0.2, 0.25) is 5.91 Å². The van der Waals surface area contributed by atoms with E-state index in [1.54, 1.807) is 16.7 Å². The van der Waals surface area contributed by atoms with Crippen molar-refractivity contribution in [2.75, 3.05) is 43.2 Å². The van der Waals surface area contributed by atoms with Crippen molar-refractivity contribution in [3.8, 4) is 0 Å². The number of hydrogen-bond donors (Lipinski definition) is 0. The summed E-state index contributed by atoms with van der Waals surface area (Å²) in [5.74, 6) is 1.38. The lowest BCUT2D eigenvalue weighted by molar-refractivity contribution is -0.133. The van der Waals surface area contributed by atoms with Crippen molar-refractivity contribution in [2.24, 2.45) is 0 Å². The molecule has 6 heteroatoms. The monoisotopic (exact) mass is 347 g/mol. The molecule has 2 aliphatic rings. The number of carbonyl (C=O) groups excluding carboxylic acids is 2. The lowest BCUT2D eigenvalue weighted by atomic mass is 10.1. The molecule has 0 aliphatic carbocycles. The van der Waals surface area contributed by atoms with Gasteiger partial charge in [-0.15, -0.1) is 11.8 Å². The molecule has 0 unspecified atom stereocenters. The first-order chi connectivity index (χ1) is 11.6. The number of rotatable bonds is 4. The van der Waals surface area contributed by atoms with Crippen LogP contribution in [0.15, 0.2) is 24.3 Å². The summed E-state index contributed by atoms with van der Waals surface area (Å²) in [5, 5.41) is 0. The second kappa shape index (κ2) is 7.47. The molecule has 5 nitrogen and oxygen atoms in total. The van der Waals surface area contributed by atoms with Gasteiger partial charge in [0, 0.05) is 43.7 Å². The average molecular weight is 347 g/mol. The van der Waals surface area contributed by atoms with E-state index < -0.39 is 0 Å². The molecule has 0 N–H and O–H groups in total. The lowest BCUT2D eigenvalue weighted by Gasteiger charge is -2.27. The van der Waals surface area contributed by atoms with E-state index in [0.717, 1.165) is 38.2 Å². The molecule has 2 amide bonds. The van der Waals surface area contributed by atoms with Crippen molar-refractivity contribution in [3.63, 3.8) is 0 Å². The van der Waals surface area contributed by atoms with Crippen LogP contribution in [0.25, 0.3) is 0 Å². The Labute approximate surface area is 148 Å². The Morgan fingerprint density at radius 2 is 1.88 bits per heavy atom. The Morgan fingerprint density at radius 3 is 2.50 bits per heavy atom. The highest BCUT2D eigenvalue weighted by molar-refractivity contribution is 7.99. The van der Waals surface area contributed by atoms with Crippen LogP contribution in [0.5, 0.6) is 0 Å². The first-order valence-corrected chi connectivity index (χ1v) is 9.76. The predicted octanol–water partition coefficient (Wildman–Crippen LogP) is 2.28. The fourth-order valence-corrected chi connectivity index (χ4v) is 4.35. The Bertz CT molecular complexity index is 599. The van der Waals surface area contributed by atoms with Crippen LogP contribution < -0.4 is 4.90 Å². The van der Waals surface area contributed by atoms with Crippen LogP contribution in [0.4, 0.5) is 5.69 Å². The normalized spacial score (nSPS) is 20.5. The van der Waals surface area contributed by atoms with Crippen molar-refractivity contribution < 1.29 is 9.59 Å². The van der Waals surface area contributed by atoms with Gasteiger partial charge >= 0.3 is 0 Å². The molecule has 1 aromatic carbocycles. The lowest BCUT2D eigenvalue weighted by Crippen LogP contribution is -2.48. The number of anilines is 1. The quantitative estimate of drug-likeness (QED) is 0.838. The number of nitrogens with zero attached hydrogens (tertiary/aromatic N) is 3. The van der Waals surface area contributed by atoms with Crippen LogP contribution in [0, 0.1) is 0 Å². The summed E-state index contributed by atoms with van der Waals surface area (Å²) in [4.78, 5) is 31.3. The van der Waals surface area contributed by atoms with E-state index in [2.05, 4.69) is 11.8 Å². The number of thioether (sulfide) groups is 1. The maximum atomic E-state index is 12.9. The van der Waals surface area contributed by atoms with E-state index in [1.165, 1.54) is 0 Å². The average Bonchev–Trinajstić information content (AvgIpc) is 3.31.